The molecule has 1 N–H and O–H groups in total. The number of nitrogens with zero attached hydrogens (tertiary/aromatic N) is 2. The molecule has 0 radical (unpaired) electrons. The Morgan fingerprint density at radius 1 is 1.08 bits per heavy atom. The summed E-state index contributed by atoms with van der Waals surface area (Å²) in [6, 6.07) is 11.2. The maximum atomic E-state index is 13.4. The second-order valence-electron chi connectivity index (χ2n) is 8.58. The van der Waals surface area contributed by atoms with E-state index in [0.29, 0.717) is 34.6 Å². The average Bonchev–Trinajstić information content (AvgIpc) is 2.85. The van der Waals surface area contributed by atoms with Crippen LogP contribution in [-0.2, 0) is 26.2 Å². The first kappa shape index (κ1) is 30.7. The molecule has 0 aliphatic carbocycles. The van der Waals surface area contributed by atoms with Gasteiger partial charge in [-0.15, -0.1) is 0 Å². The summed E-state index contributed by atoms with van der Waals surface area (Å²) in [6.07, 6.45) is 2.17. The van der Waals surface area contributed by atoms with Crippen LogP contribution < -0.4 is 14.4 Å². The maximum absolute atomic E-state index is 13.4. The first-order valence-corrected chi connectivity index (χ1v) is 14.8. The van der Waals surface area contributed by atoms with Crippen LogP contribution in [0, 0.1) is 0 Å². The van der Waals surface area contributed by atoms with Crippen LogP contribution in [0.3, 0.4) is 0 Å². The Labute approximate surface area is 229 Å². The summed E-state index contributed by atoms with van der Waals surface area (Å²) in [5.41, 5.74) is 1.14. The van der Waals surface area contributed by atoms with Crippen molar-refractivity contribution in [3.05, 3.63) is 58.1 Å². The second kappa shape index (κ2) is 14.4. The number of anilines is 1. The van der Waals surface area contributed by atoms with Gasteiger partial charge >= 0.3 is 0 Å². The van der Waals surface area contributed by atoms with E-state index in [-0.39, 0.29) is 37.7 Å². The summed E-state index contributed by atoms with van der Waals surface area (Å²) in [6.45, 7) is 6.54. The maximum Gasteiger partial charge on any atom is 0.242 e. The molecule has 0 saturated heterocycles. The van der Waals surface area contributed by atoms with Crippen molar-refractivity contribution in [2.45, 2.75) is 52.6 Å². The Bertz CT molecular complexity index is 1180. The molecule has 8 nitrogen and oxygen atoms in total. The van der Waals surface area contributed by atoms with Crippen LogP contribution in [0.15, 0.2) is 42.5 Å². The summed E-state index contributed by atoms with van der Waals surface area (Å²) in [5.74, 6) is -0.0976. The number of hydrogen-bond acceptors (Lipinski definition) is 5. The van der Waals surface area contributed by atoms with Crippen LogP contribution in [0.5, 0.6) is 5.75 Å². The van der Waals surface area contributed by atoms with Gasteiger partial charge in [0.15, 0.2) is 0 Å². The molecule has 204 valence electrons. The summed E-state index contributed by atoms with van der Waals surface area (Å²) < 4.78 is 32.0. The molecule has 0 fully saturated rings. The SMILES string of the molecule is CCCNC(=O)C(C)N(Cc1ccc(Cl)c(Cl)c1)C(=O)CCCN(c1ccccc1OCC)S(C)(=O)=O. The Kier molecular flexibility index (Phi) is 12.0. The number of hydrogen-bond donors (Lipinski definition) is 1. The fourth-order valence-corrected chi connectivity index (χ4v) is 5.03. The average molecular weight is 573 g/mol. The highest BCUT2D eigenvalue weighted by Gasteiger charge is 2.27. The number of halogens is 2. The van der Waals surface area contributed by atoms with Crippen LogP contribution in [0.25, 0.3) is 0 Å². The second-order valence-corrected chi connectivity index (χ2v) is 11.3. The largest absolute Gasteiger partial charge is 0.492 e. The van der Waals surface area contributed by atoms with Crippen LogP contribution in [0.2, 0.25) is 10.0 Å². The minimum Gasteiger partial charge on any atom is -0.492 e. The molecule has 2 rings (SSSR count). The van der Waals surface area contributed by atoms with E-state index < -0.39 is 16.1 Å². The lowest BCUT2D eigenvalue weighted by Crippen LogP contribution is -2.47. The predicted molar refractivity (Wildman–Crippen MR) is 149 cm³/mol. The first-order chi connectivity index (χ1) is 17.5. The minimum absolute atomic E-state index is 0.0372. The van der Waals surface area contributed by atoms with E-state index in [1.54, 1.807) is 49.4 Å². The highest BCUT2D eigenvalue weighted by molar-refractivity contribution is 7.92. The molecular weight excluding hydrogens is 537 g/mol. The van der Waals surface area contributed by atoms with Gasteiger partial charge in [-0.05, 0) is 56.5 Å². The topological polar surface area (TPSA) is 96.0 Å². The molecule has 2 aromatic rings. The van der Waals surface area contributed by atoms with E-state index in [1.807, 2.05) is 13.8 Å². The monoisotopic (exact) mass is 571 g/mol. The molecule has 0 aliphatic heterocycles. The van der Waals surface area contributed by atoms with Crippen LogP contribution >= 0.6 is 23.2 Å². The molecule has 2 amide bonds. The van der Waals surface area contributed by atoms with Crippen molar-refractivity contribution in [3.63, 3.8) is 0 Å². The zero-order valence-corrected chi connectivity index (χ0v) is 24.0. The smallest absolute Gasteiger partial charge is 0.242 e. The molecule has 0 saturated carbocycles. The highest BCUT2D eigenvalue weighted by Crippen LogP contribution is 2.30. The Balaban J connectivity index is 2.22. The predicted octanol–water partition coefficient (Wildman–Crippen LogP) is 4.88. The number of amides is 2. The molecule has 37 heavy (non-hydrogen) atoms. The van der Waals surface area contributed by atoms with Crippen molar-refractivity contribution in [3.8, 4) is 5.75 Å². The van der Waals surface area contributed by atoms with Crippen LogP contribution in [-0.4, -0.2) is 57.1 Å². The van der Waals surface area contributed by atoms with Gasteiger partial charge in [0.1, 0.15) is 11.8 Å². The molecule has 0 heterocycles. The standard InChI is InChI=1S/C26H35Cl2N3O5S/c1-5-15-29-26(33)19(3)30(18-20-13-14-21(27)22(28)17-20)25(32)12-9-16-31(37(4,34)35)23-10-7-8-11-24(23)36-6-2/h7-8,10-11,13-14,17,19H,5-6,9,12,15-16,18H2,1-4H3,(H,29,33). The Morgan fingerprint density at radius 2 is 1.78 bits per heavy atom. The van der Waals surface area contributed by atoms with Crippen molar-refractivity contribution in [2.75, 3.05) is 30.3 Å². The van der Waals surface area contributed by atoms with Crippen molar-refractivity contribution < 1.29 is 22.7 Å². The zero-order chi connectivity index (χ0) is 27.6. The van der Waals surface area contributed by atoms with Crippen molar-refractivity contribution in [1.29, 1.82) is 0 Å². The molecule has 1 unspecified atom stereocenters. The van der Waals surface area contributed by atoms with E-state index in [2.05, 4.69) is 5.32 Å². The van der Waals surface area contributed by atoms with Crippen molar-refractivity contribution >= 4 is 50.7 Å². The fraction of sp³-hybridized carbons (Fsp3) is 0.462. The molecule has 0 aliphatic rings. The molecule has 0 bridgehead atoms. The zero-order valence-electron chi connectivity index (χ0n) is 21.7. The van der Waals surface area contributed by atoms with Gasteiger partial charge in [-0.3, -0.25) is 13.9 Å². The number of carbonyl (C=O) groups excluding carboxylic acids is 2. The van der Waals surface area contributed by atoms with Gasteiger partial charge < -0.3 is 15.0 Å². The summed E-state index contributed by atoms with van der Waals surface area (Å²) in [5, 5.41) is 3.57. The lowest BCUT2D eigenvalue weighted by atomic mass is 10.1. The number of benzene rings is 2. The Morgan fingerprint density at radius 3 is 2.41 bits per heavy atom. The lowest BCUT2D eigenvalue weighted by Gasteiger charge is -2.29. The van der Waals surface area contributed by atoms with Crippen LogP contribution in [0.4, 0.5) is 5.69 Å². The van der Waals surface area contributed by atoms with E-state index in [1.165, 1.54) is 9.21 Å². The highest BCUT2D eigenvalue weighted by atomic mass is 35.5. The summed E-state index contributed by atoms with van der Waals surface area (Å²) in [7, 11) is -3.64. The third kappa shape index (κ3) is 9.09. The third-order valence-corrected chi connectivity index (χ3v) is 7.56. The molecule has 11 heteroatoms. The first-order valence-electron chi connectivity index (χ1n) is 12.2. The number of ether oxygens (including phenoxy) is 1. The van der Waals surface area contributed by atoms with Gasteiger partial charge in [0.05, 0.1) is 28.6 Å². The fourth-order valence-electron chi connectivity index (χ4n) is 3.74. The van der Waals surface area contributed by atoms with Gasteiger partial charge in [-0.25, -0.2) is 8.42 Å². The van der Waals surface area contributed by atoms with E-state index >= 15 is 0 Å². The van der Waals surface area contributed by atoms with Gasteiger partial charge in [-0.2, -0.15) is 0 Å². The van der Waals surface area contributed by atoms with Crippen molar-refractivity contribution in [2.24, 2.45) is 0 Å². The van der Waals surface area contributed by atoms with E-state index in [4.69, 9.17) is 27.9 Å². The molecule has 0 spiro atoms. The Hall–Kier alpha value is -2.49. The molecule has 1 atom stereocenters. The number of sulfonamides is 1. The lowest BCUT2D eigenvalue weighted by molar-refractivity contribution is -0.140. The number of rotatable bonds is 14. The molecule has 0 aromatic heterocycles. The van der Waals surface area contributed by atoms with Gasteiger partial charge in [0.2, 0.25) is 21.8 Å². The number of carbonyl (C=O) groups is 2. The quantitative estimate of drug-likeness (QED) is 0.348. The van der Waals surface area contributed by atoms with Crippen LogP contribution in [0.1, 0.15) is 45.6 Å². The van der Waals surface area contributed by atoms with Gasteiger partial charge in [0, 0.05) is 26.1 Å². The van der Waals surface area contributed by atoms with E-state index in [0.717, 1.165) is 18.2 Å². The number of nitrogens with one attached hydrogen (secondary N) is 1. The normalized spacial score (nSPS) is 12.1. The third-order valence-electron chi connectivity index (χ3n) is 5.64. The minimum atomic E-state index is -3.64. The van der Waals surface area contributed by atoms with Gasteiger partial charge in [0.25, 0.3) is 0 Å². The van der Waals surface area contributed by atoms with Gasteiger partial charge in [-0.1, -0.05) is 48.3 Å². The summed E-state index contributed by atoms with van der Waals surface area (Å²) >= 11 is 12.2. The molecule has 2 aromatic carbocycles. The van der Waals surface area contributed by atoms with E-state index in [9.17, 15) is 18.0 Å². The molecular formula is C26H35Cl2N3O5S. The number of para-hydroxylation sites is 2. The van der Waals surface area contributed by atoms with Crippen molar-refractivity contribution in [1.82, 2.24) is 10.2 Å². The summed E-state index contributed by atoms with van der Waals surface area (Å²) in [4.78, 5) is 27.5.